The van der Waals surface area contributed by atoms with Crippen LogP contribution in [0.4, 0.5) is 0 Å². The third-order valence-corrected chi connectivity index (χ3v) is 3.73. The van der Waals surface area contributed by atoms with Crippen LogP contribution >= 0.6 is 0 Å². The maximum Gasteiger partial charge on any atom is 0.338 e. The molecule has 23 heavy (non-hydrogen) atoms. The van der Waals surface area contributed by atoms with Crippen LogP contribution in [0, 0.1) is 0 Å². The van der Waals surface area contributed by atoms with Gasteiger partial charge in [0, 0.05) is 0 Å². The molecule has 116 valence electrons. The summed E-state index contributed by atoms with van der Waals surface area (Å²) in [4.78, 5) is 11.8. The van der Waals surface area contributed by atoms with E-state index in [1.165, 1.54) is 0 Å². The molecule has 3 rings (SSSR count). The van der Waals surface area contributed by atoms with Crippen molar-refractivity contribution >= 4 is 16.7 Å². The number of esters is 1. The second-order valence-corrected chi connectivity index (χ2v) is 5.46. The Morgan fingerprint density at radius 2 is 1.70 bits per heavy atom. The molecule has 0 aliphatic carbocycles. The molecule has 0 fully saturated rings. The van der Waals surface area contributed by atoms with Crippen molar-refractivity contribution in [1.82, 2.24) is 0 Å². The van der Waals surface area contributed by atoms with Crippen molar-refractivity contribution in [2.75, 3.05) is 6.61 Å². The fourth-order valence-electron chi connectivity index (χ4n) is 2.65. The van der Waals surface area contributed by atoms with Crippen LogP contribution in [0.1, 0.15) is 28.4 Å². The Balaban J connectivity index is 1.85. The summed E-state index contributed by atoms with van der Waals surface area (Å²) in [5.41, 5.74) is 2.80. The number of phenols is 1. The van der Waals surface area contributed by atoms with Gasteiger partial charge in [-0.2, -0.15) is 0 Å². The molecule has 0 aliphatic rings. The molecule has 0 amide bonds. The molecule has 0 radical (unpaired) electrons. The lowest BCUT2D eigenvalue weighted by atomic mass is 10.00. The predicted molar refractivity (Wildman–Crippen MR) is 90.8 cm³/mol. The SMILES string of the molecule is CCOC(=O)c1cccc(Cc2ccc3cc(O)ccc3c2)c1. The fraction of sp³-hybridized carbons (Fsp3) is 0.150. The van der Waals surface area contributed by atoms with Gasteiger partial charge in [0.2, 0.25) is 0 Å². The Bertz CT molecular complexity index is 852. The number of benzene rings is 3. The average Bonchev–Trinajstić information content (AvgIpc) is 2.55. The number of hydrogen-bond donors (Lipinski definition) is 1. The Hall–Kier alpha value is -2.81. The van der Waals surface area contributed by atoms with E-state index in [1.807, 2.05) is 36.4 Å². The third kappa shape index (κ3) is 3.51. The van der Waals surface area contributed by atoms with Crippen molar-refractivity contribution in [2.45, 2.75) is 13.3 Å². The molecular formula is C20H18O3. The normalized spacial score (nSPS) is 10.7. The van der Waals surface area contributed by atoms with E-state index in [1.54, 1.807) is 25.1 Å². The van der Waals surface area contributed by atoms with Crippen LogP contribution < -0.4 is 0 Å². The quantitative estimate of drug-likeness (QED) is 0.730. The second kappa shape index (κ2) is 6.53. The van der Waals surface area contributed by atoms with Gasteiger partial charge in [-0.05, 0) is 59.5 Å². The lowest BCUT2D eigenvalue weighted by molar-refractivity contribution is 0.0526. The molecule has 3 nitrogen and oxygen atoms in total. The molecule has 0 heterocycles. The summed E-state index contributed by atoms with van der Waals surface area (Å²) in [6, 6.07) is 19.0. The van der Waals surface area contributed by atoms with Crippen molar-refractivity contribution in [3.8, 4) is 5.75 Å². The topological polar surface area (TPSA) is 46.5 Å². The number of ether oxygens (including phenoxy) is 1. The van der Waals surface area contributed by atoms with Crippen molar-refractivity contribution in [3.05, 3.63) is 77.4 Å². The first kappa shape index (κ1) is 15.1. The van der Waals surface area contributed by atoms with Crippen molar-refractivity contribution < 1.29 is 14.6 Å². The first-order valence-corrected chi connectivity index (χ1v) is 7.63. The van der Waals surface area contributed by atoms with Gasteiger partial charge in [0.25, 0.3) is 0 Å². The summed E-state index contributed by atoms with van der Waals surface area (Å²) >= 11 is 0. The van der Waals surface area contributed by atoms with Gasteiger partial charge >= 0.3 is 5.97 Å². The van der Waals surface area contributed by atoms with Crippen molar-refractivity contribution in [1.29, 1.82) is 0 Å². The largest absolute Gasteiger partial charge is 0.508 e. The second-order valence-electron chi connectivity index (χ2n) is 5.46. The average molecular weight is 306 g/mol. The van der Waals surface area contributed by atoms with Gasteiger partial charge in [0.05, 0.1) is 12.2 Å². The summed E-state index contributed by atoms with van der Waals surface area (Å²) in [6.07, 6.45) is 0.740. The minimum Gasteiger partial charge on any atom is -0.508 e. The highest BCUT2D eigenvalue weighted by Crippen LogP contribution is 2.22. The molecule has 0 saturated carbocycles. The highest BCUT2D eigenvalue weighted by Gasteiger charge is 2.07. The van der Waals surface area contributed by atoms with Crippen molar-refractivity contribution in [3.63, 3.8) is 0 Å². The van der Waals surface area contributed by atoms with Gasteiger partial charge in [0.1, 0.15) is 5.75 Å². The summed E-state index contributed by atoms with van der Waals surface area (Å²) in [5.74, 6) is -0.0178. The minimum absolute atomic E-state index is 0.271. The lowest BCUT2D eigenvalue weighted by Gasteiger charge is -2.07. The number of hydrogen-bond acceptors (Lipinski definition) is 3. The molecule has 0 bridgehead atoms. The maximum absolute atomic E-state index is 11.8. The van der Waals surface area contributed by atoms with Crippen LogP contribution in [0.15, 0.2) is 60.7 Å². The highest BCUT2D eigenvalue weighted by molar-refractivity contribution is 5.89. The zero-order valence-corrected chi connectivity index (χ0v) is 13.0. The number of carbonyl (C=O) groups is 1. The number of phenolic OH excluding ortho intramolecular Hbond substituents is 1. The summed E-state index contributed by atoms with van der Waals surface area (Å²) in [7, 11) is 0. The van der Waals surface area contributed by atoms with E-state index in [0.717, 1.165) is 28.3 Å². The Kier molecular flexibility index (Phi) is 4.29. The first-order valence-electron chi connectivity index (χ1n) is 7.63. The Labute approximate surface area is 135 Å². The van der Waals surface area contributed by atoms with E-state index in [9.17, 15) is 9.90 Å². The number of fused-ring (bicyclic) bond motifs is 1. The Morgan fingerprint density at radius 1 is 0.957 bits per heavy atom. The lowest BCUT2D eigenvalue weighted by Crippen LogP contribution is -2.05. The predicted octanol–water partition coefficient (Wildman–Crippen LogP) is 4.31. The summed E-state index contributed by atoms with van der Waals surface area (Å²) < 4.78 is 5.04. The molecule has 0 atom stereocenters. The molecular weight excluding hydrogens is 288 g/mol. The van der Waals surface area contributed by atoms with Crippen molar-refractivity contribution in [2.24, 2.45) is 0 Å². The van der Waals surface area contributed by atoms with E-state index >= 15 is 0 Å². The standard InChI is InChI=1S/C20H18O3/c1-2-23-20(22)18-5-3-4-14(12-18)10-15-6-7-17-13-19(21)9-8-16(17)11-15/h3-9,11-13,21H,2,10H2,1H3. The van der Waals surface area contributed by atoms with E-state index in [2.05, 4.69) is 6.07 Å². The van der Waals surface area contributed by atoms with Gasteiger partial charge in [-0.3, -0.25) is 0 Å². The van der Waals surface area contributed by atoms with Crippen LogP contribution in [0.3, 0.4) is 0 Å². The van der Waals surface area contributed by atoms with Crippen LogP contribution in [0.2, 0.25) is 0 Å². The van der Waals surface area contributed by atoms with Gasteiger partial charge in [-0.25, -0.2) is 4.79 Å². The van der Waals surface area contributed by atoms with Gasteiger partial charge in [-0.1, -0.05) is 36.4 Å². The molecule has 3 aromatic rings. The number of aromatic hydroxyl groups is 1. The monoisotopic (exact) mass is 306 g/mol. The van der Waals surface area contributed by atoms with Crippen LogP contribution in [-0.2, 0) is 11.2 Å². The zero-order chi connectivity index (χ0) is 16.2. The number of carbonyl (C=O) groups excluding carboxylic acids is 1. The maximum atomic E-state index is 11.8. The van der Waals surface area contributed by atoms with E-state index in [0.29, 0.717) is 12.2 Å². The first-order chi connectivity index (χ1) is 11.2. The highest BCUT2D eigenvalue weighted by atomic mass is 16.5. The molecule has 0 aliphatic heterocycles. The zero-order valence-electron chi connectivity index (χ0n) is 13.0. The minimum atomic E-state index is -0.289. The number of rotatable bonds is 4. The summed E-state index contributed by atoms with van der Waals surface area (Å²) in [5, 5.41) is 11.6. The van der Waals surface area contributed by atoms with Crippen LogP contribution in [0.5, 0.6) is 5.75 Å². The molecule has 0 spiro atoms. The van der Waals surface area contributed by atoms with E-state index in [4.69, 9.17) is 4.74 Å². The van der Waals surface area contributed by atoms with Gasteiger partial charge < -0.3 is 9.84 Å². The van der Waals surface area contributed by atoms with Crippen LogP contribution in [0.25, 0.3) is 10.8 Å². The molecule has 3 heteroatoms. The van der Waals surface area contributed by atoms with E-state index in [-0.39, 0.29) is 11.7 Å². The molecule has 3 aromatic carbocycles. The third-order valence-electron chi connectivity index (χ3n) is 3.73. The van der Waals surface area contributed by atoms with Gasteiger partial charge in [-0.15, -0.1) is 0 Å². The Morgan fingerprint density at radius 3 is 2.52 bits per heavy atom. The molecule has 0 unspecified atom stereocenters. The smallest absolute Gasteiger partial charge is 0.338 e. The van der Waals surface area contributed by atoms with Crippen LogP contribution in [-0.4, -0.2) is 17.7 Å². The van der Waals surface area contributed by atoms with E-state index < -0.39 is 0 Å². The molecule has 0 aromatic heterocycles. The fourth-order valence-corrected chi connectivity index (χ4v) is 2.65. The molecule has 0 saturated heterocycles. The summed E-state index contributed by atoms with van der Waals surface area (Å²) in [6.45, 7) is 2.18. The van der Waals surface area contributed by atoms with Gasteiger partial charge in [0.15, 0.2) is 0 Å². The molecule has 1 N–H and O–H groups in total.